The lowest BCUT2D eigenvalue weighted by atomic mass is 10.0. The largest absolute Gasteiger partial charge is 0.334 e. The zero-order chi connectivity index (χ0) is 13.9. The number of para-hydroxylation sites is 1. The van der Waals surface area contributed by atoms with Crippen LogP contribution in [0.1, 0.15) is 36.7 Å². The Bertz CT molecular complexity index is 593. The second kappa shape index (κ2) is 5.45. The molecule has 1 atom stereocenters. The van der Waals surface area contributed by atoms with Crippen LogP contribution in [0.4, 0.5) is 0 Å². The molecule has 1 aromatic heterocycles. The van der Waals surface area contributed by atoms with Crippen molar-refractivity contribution in [2.75, 3.05) is 6.54 Å². The van der Waals surface area contributed by atoms with Gasteiger partial charge < -0.3 is 4.90 Å². The van der Waals surface area contributed by atoms with Crippen molar-refractivity contribution < 1.29 is 4.79 Å². The third kappa shape index (κ3) is 2.43. The van der Waals surface area contributed by atoms with Gasteiger partial charge in [0.2, 0.25) is 0 Å². The average Bonchev–Trinajstić information content (AvgIpc) is 2.98. The van der Waals surface area contributed by atoms with Crippen molar-refractivity contribution in [1.29, 1.82) is 0 Å². The fourth-order valence-corrected chi connectivity index (χ4v) is 2.62. The smallest absolute Gasteiger partial charge is 0.276 e. The molecule has 1 amide bonds. The molecule has 2 heterocycles. The lowest BCUT2D eigenvalue weighted by Gasteiger charge is -2.32. The van der Waals surface area contributed by atoms with Crippen molar-refractivity contribution in [2.24, 2.45) is 0 Å². The molecule has 0 N–H and O–H groups in total. The molecule has 20 heavy (non-hydrogen) atoms. The van der Waals surface area contributed by atoms with Gasteiger partial charge in [0.25, 0.3) is 5.91 Å². The number of rotatable bonds is 2. The molecule has 2 aromatic rings. The molecule has 1 aliphatic rings. The topological polar surface area (TPSA) is 51.0 Å². The Morgan fingerprint density at radius 1 is 1.25 bits per heavy atom. The van der Waals surface area contributed by atoms with Gasteiger partial charge in [0.15, 0.2) is 5.69 Å². The van der Waals surface area contributed by atoms with Gasteiger partial charge in [-0.15, -0.1) is 5.10 Å². The molecule has 1 fully saturated rings. The first-order valence-corrected chi connectivity index (χ1v) is 7.04. The van der Waals surface area contributed by atoms with Crippen LogP contribution in [0.25, 0.3) is 5.69 Å². The van der Waals surface area contributed by atoms with Gasteiger partial charge in [0.1, 0.15) is 0 Å². The Balaban J connectivity index is 1.81. The highest BCUT2D eigenvalue weighted by Gasteiger charge is 2.26. The minimum Gasteiger partial charge on any atom is -0.334 e. The normalized spacial score (nSPS) is 19.1. The van der Waals surface area contributed by atoms with Crippen LogP contribution < -0.4 is 0 Å². The minimum absolute atomic E-state index is 0.0145. The lowest BCUT2D eigenvalue weighted by Crippen LogP contribution is -2.42. The van der Waals surface area contributed by atoms with E-state index in [9.17, 15) is 4.79 Å². The summed E-state index contributed by atoms with van der Waals surface area (Å²) in [6.45, 7) is 2.91. The molecule has 1 aliphatic heterocycles. The Kier molecular flexibility index (Phi) is 3.50. The van der Waals surface area contributed by atoms with E-state index in [0.29, 0.717) is 5.69 Å². The molecule has 5 heteroatoms. The highest BCUT2D eigenvalue weighted by Crippen LogP contribution is 2.18. The van der Waals surface area contributed by atoms with E-state index in [-0.39, 0.29) is 11.9 Å². The predicted octanol–water partition coefficient (Wildman–Crippen LogP) is 2.28. The van der Waals surface area contributed by atoms with Gasteiger partial charge in [-0.2, -0.15) is 0 Å². The second-order valence-corrected chi connectivity index (χ2v) is 5.23. The molecule has 0 bridgehead atoms. The number of carbonyl (C=O) groups excluding carboxylic acids is 1. The molecule has 3 rings (SSSR count). The van der Waals surface area contributed by atoms with E-state index in [1.165, 1.54) is 6.42 Å². The predicted molar refractivity (Wildman–Crippen MR) is 75.7 cm³/mol. The van der Waals surface area contributed by atoms with Crippen molar-refractivity contribution in [3.63, 3.8) is 0 Å². The Morgan fingerprint density at radius 3 is 2.80 bits per heavy atom. The minimum atomic E-state index is -0.0145. The van der Waals surface area contributed by atoms with Gasteiger partial charge in [-0.05, 0) is 38.3 Å². The average molecular weight is 270 g/mol. The van der Waals surface area contributed by atoms with E-state index in [1.54, 1.807) is 10.9 Å². The zero-order valence-corrected chi connectivity index (χ0v) is 11.6. The number of amides is 1. The molecular formula is C15H18N4O. The first-order chi connectivity index (χ1) is 9.75. The van der Waals surface area contributed by atoms with E-state index >= 15 is 0 Å². The fourth-order valence-electron chi connectivity index (χ4n) is 2.62. The summed E-state index contributed by atoms with van der Waals surface area (Å²) in [7, 11) is 0. The molecule has 5 nitrogen and oxygen atoms in total. The summed E-state index contributed by atoms with van der Waals surface area (Å²) in [5.74, 6) is -0.0145. The van der Waals surface area contributed by atoms with E-state index < -0.39 is 0 Å². The molecule has 0 radical (unpaired) electrons. The van der Waals surface area contributed by atoms with Crippen LogP contribution >= 0.6 is 0 Å². The van der Waals surface area contributed by atoms with Gasteiger partial charge in [-0.25, -0.2) is 4.68 Å². The molecule has 1 saturated heterocycles. The summed E-state index contributed by atoms with van der Waals surface area (Å²) in [5.41, 5.74) is 1.33. The van der Waals surface area contributed by atoms with Gasteiger partial charge in [0.05, 0.1) is 11.9 Å². The lowest BCUT2D eigenvalue weighted by molar-refractivity contribution is 0.0629. The molecular weight excluding hydrogens is 252 g/mol. The second-order valence-electron chi connectivity index (χ2n) is 5.23. The maximum Gasteiger partial charge on any atom is 0.276 e. The van der Waals surface area contributed by atoms with Gasteiger partial charge in [-0.3, -0.25) is 4.79 Å². The number of hydrogen-bond donors (Lipinski definition) is 0. The summed E-state index contributed by atoms with van der Waals surface area (Å²) < 4.78 is 1.64. The van der Waals surface area contributed by atoms with Crippen molar-refractivity contribution in [3.8, 4) is 5.69 Å². The summed E-state index contributed by atoms with van der Waals surface area (Å²) in [6, 6.07) is 9.98. The summed E-state index contributed by atoms with van der Waals surface area (Å²) >= 11 is 0. The van der Waals surface area contributed by atoms with Crippen molar-refractivity contribution in [1.82, 2.24) is 19.9 Å². The Morgan fingerprint density at radius 2 is 2.05 bits per heavy atom. The van der Waals surface area contributed by atoms with E-state index in [2.05, 4.69) is 17.2 Å². The fraction of sp³-hybridized carbons (Fsp3) is 0.400. The third-order valence-corrected chi connectivity index (χ3v) is 3.80. The Hall–Kier alpha value is -2.17. The first-order valence-electron chi connectivity index (χ1n) is 7.04. The zero-order valence-electron chi connectivity index (χ0n) is 11.6. The number of carbonyl (C=O) groups is 1. The molecule has 1 unspecified atom stereocenters. The number of aromatic nitrogens is 3. The number of hydrogen-bond acceptors (Lipinski definition) is 3. The molecule has 0 spiro atoms. The van der Waals surface area contributed by atoms with Gasteiger partial charge in [0, 0.05) is 12.6 Å². The third-order valence-electron chi connectivity index (χ3n) is 3.80. The molecule has 0 saturated carbocycles. The van der Waals surface area contributed by atoms with E-state index in [1.807, 2.05) is 35.2 Å². The summed E-state index contributed by atoms with van der Waals surface area (Å²) in [4.78, 5) is 14.4. The number of piperidine rings is 1. The van der Waals surface area contributed by atoms with Crippen LogP contribution in [0, 0.1) is 0 Å². The standard InChI is InChI=1S/C15H18N4O/c1-12-7-5-6-10-18(12)15(20)14-11-19(17-16-14)13-8-3-2-4-9-13/h2-4,8-9,11-12H,5-7,10H2,1H3. The maximum atomic E-state index is 12.5. The van der Waals surface area contributed by atoms with Crippen molar-refractivity contribution in [3.05, 3.63) is 42.2 Å². The van der Waals surface area contributed by atoms with Gasteiger partial charge in [-0.1, -0.05) is 23.4 Å². The van der Waals surface area contributed by atoms with Crippen LogP contribution in [0.3, 0.4) is 0 Å². The molecule has 1 aromatic carbocycles. The van der Waals surface area contributed by atoms with E-state index in [0.717, 1.165) is 25.1 Å². The quantitative estimate of drug-likeness (QED) is 0.841. The molecule has 104 valence electrons. The van der Waals surface area contributed by atoms with E-state index in [4.69, 9.17) is 0 Å². The van der Waals surface area contributed by atoms with Crippen molar-refractivity contribution in [2.45, 2.75) is 32.2 Å². The number of nitrogens with zero attached hydrogens (tertiary/aromatic N) is 4. The molecule has 0 aliphatic carbocycles. The van der Waals surface area contributed by atoms with Crippen LogP contribution in [0.15, 0.2) is 36.5 Å². The van der Waals surface area contributed by atoms with Crippen LogP contribution in [-0.4, -0.2) is 38.4 Å². The van der Waals surface area contributed by atoms with Crippen LogP contribution in [0.5, 0.6) is 0 Å². The van der Waals surface area contributed by atoms with Crippen molar-refractivity contribution >= 4 is 5.91 Å². The highest BCUT2D eigenvalue weighted by atomic mass is 16.2. The first kappa shape index (κ1) is 12.8. The monoisotopic (exact) mass is 270 g/mol. The van der Waals surface area contributed by atoms with Gasteiger partial charge >= 0.3 is 0 Å². The number of likely N-dealkylation sites (tertiary alicyclic amines) is 1. The summed E-state index contributed by atoms with van der Waals surface area (Å²) in [5, 5.41) is 8.07. The van der Waals surface area contributed by atoms with Crippen LogP contribution in [0.2, 0.25) is 0 Å². The van der Waals surface area contributed by atoms with Crippen LogP contribution in [-0.2, 0) is 0 Å². The Labute approximate surface area is 118 Å². The highest BCUT2D eigenvalue weighted by molar-refractivity contribution is 5.92. The maximum absolute atomic E-state index is 12.5. The summed E-state index contributed by atoms with van der Waals surface area (Å²) in [6.07, 6.45) is 5.04. The SMILES string of the molecule is CC1CCCCN1C(=O)c1cn(-c2ccccc2)nn1. The number of benzene rings is 1.